The SMILES string of the molecule is Cc1cccc(C2CC(N[C@@H](C)C3CCCC3)C2)c1. The zero-order valence-corrected chi connectivity index (χ0v) is 12.4. The summed E-state index contributed by atoms with van der Waals surface area (Å²) in [6.45, 7) is 4.59. The molecule has 1 aromatic carbocycles. The van der Waals surface area contributed by atoms with E-state index in [0.29, 0.717) is 0 Å². The summed E-state index contributed by atoms with van der Waals surface area (Å²) in [6.07, 6.45) is 8.46. The first kappa shape index (κ1) is 13.2. The second-order valence-electron chi connectivity index (χ2n) is 6.78. The second-order valence-corrected chi connectivity index (χ2v) is 6.78. The smallest absolute Gasteiger partial charge is 0.00813 e. The Morgan fingerprint density at radius 2 is 1.89 bits per heavy atom. The summed E-state index contributed by atoms with van der Waals surface area (Å²) >= 11 is 0. The Morgan fingerprint density at radius 1 is 1.16 bits per heavy atom. The van der Waals surface area contributed by atoms with E-state index in [-0.39, 0.29) is 0 Å². The highest BCUT2D eigenvalue weighted by atomic mass is 15.0. The third kappa shape index (κ3) is 3.02. The molecule has 2 aliphatic carbocycles. The number of hydrogen-bond acceptors (Lipinski definition) is 1. The highest BCUT2D eigenvalue weighted by Gasteiger charge is 2.32. The van der Waals surface area contributed by atoms with Gasteiger partial charge in [0.1, 0.15) is 0 Å². The van der Waals surface area contributed by atoms with Crippen molar-refractivity contribution in [3.8, 4) is 0 Å². The first-order valence-electron chi connectivity index (χ1n) is 8.05. The monoisotopic (exact) mass is 257 g/mol. The van der Waals surface area contributed by atoms with Crippen LogP contribution in [-0.2, 0) is 0 Å². The minimum absolute atomic E-state index is 0.728. The first-order valence-corrected chi connectivity index (χ1v) is 8.05. The Hall–Kier alpha value is -0.820. The van der Waals surface area contributed by atoms with Crippen LogP contribution >= 0.6 is 0 Å². The van der Waals surface area contributed by atoms with Crippen LogP contribution in [-0.4, -0.2) is 12.1 Å². The Kier molecular flexibility index (Phi) is 3.93. The maximum Gasteiger partial charge on any atom is 0.00813 e. The largest absolute Gasteiger partial charge is 0.311 e. The number of hydrogen-bond donors (Lipinski definition) is 1. The Morgan fingerprint density at radius 3 is 2.58 bits per heavy atom. The molecule has 0 spiro atoms. The lowest BCUT2D eigenvalue weighted by atomic mass is 9.75. The van der Waals surface area contributed by atoms with E-state index in [1.807, 2.05) is 0 Å². The standard InChI is InChI=1S/C18H27N/c1-13-6-5-9-16(10-13)17-11-18(12-17)19-14(2)15-7-3-4-8-15/h5-6,9-10,14-15,17-19H,3-4,7-8,11-12H2,1-2H3/t14-,17?,18?/m0/s1. The average Bonchev–Trinajstić information content (AvgIpc) is 2.86. The number of aryl methyl sites for hydroxylation is 1. The number of rotatable bonds is 4. The lowest BCUT2D eigenvalue weighted by molar-refractivity contribution is 0.239. The fourth-order valence-electron chi connectivity index (χ4n) is 3.92. The normalized spacial score (nSPS) is 29.2. The molecule has 0 heterocycles. The Labute approximate surface area is 117 Å². The summed E-state index contributed by atoms with van der Waals surface area (Å²) in [4.78, 5) is 0. The van der Waals surface area contributed by atoms with E-state index < -0.39 is 0 Å². The minimum atomic E-state index is 0.728. The van der Waals surface area contributed by atoms with E-state index in [9.17, 15) is 0 Å². The summed E-state index contributed by atoms with van der Waals surface area (Å²) in [5, 5.41) is 3.87. The lowest BCUT2D eigenvalue weighted by Gasteiger charge is -2.39. The zero-order valence-electron chi connectivity index (χ0n) is 12.4. The Balaban J connectivity index is 1.47. The van der Waals surface area contributed by atoms with Crippen molar-refractivity contribution in [2.24, 2.45) is 5.92 Å². The molecule has 1 atom stereocenters. The molecule has 0 amide bonds. The van der Waals surface area contributed by atoms with Crippen molar-refractivity contribution in [2.45, 2.75) is 70.4 Å². The van der Waals surface area contributed by atoms with E-state index in [1.165, 1.54) is 44.1 Å². The van der Waals surface area contributed by atoms with Crippen LogP contribution in [0.2, 0.25) is 0 Å². The van der Waals surface area contributed by atoms with Crippen molar-refractivity contribution in [1.29, 1.82) is 0 Å². The molecule has 0 aromatic heterocycles. The highest BCUT2D eigenvalue weighted by Crippen LogP contribution is 2.38. The van der Waals surface area contributed by atoms with Crippen molar-refractivity contribution < 1.29 is 0 Å². The summed E-state index contributed by atoms with van der Waals surface area (Å²) in [6, 6.07) is 10.6. The van der Waals surface area contributed by atoms with Crippen molar-refractivity contribution in [1.82, 2.24) is 5.32 Å². The van der Waals surface area contributed by atoms with Gasteiger partial charge >= 0.3 is 0 Å². The number of benzene rings is 1. The summed E-state index contributed by atoms with van der Waals surface area (Å²) < 4.78 is 0. The van der Waals surface area contributed by atoms with Crippen molar-refractivity contribution >= 4 is 0 Å². The van der Waals surface area contributed by atoms with Gasteiger partial charge in [-0.05, 0) is 56.9 Å². The van der Waals surface area contributed by atoms with Gasteiger partial charge in [0.15, 0.2) is 0 Å². The van der Waals surface area contributed by atoms with Crippen molar-refractivity contribution in [3.63, 3.8) is 0 Å². The molecule has 0 radical (unpaired) electrons. The molecule has 104 valence electrons. The molecular weight excluding hydrogens is 230 g/mol. The van der Waals surface area contributed by atoms with E-state index >= 15 is 0 Å². The highest BCUT2D eigenvalue weighted by molar-refractivity contribution is 5.27. The third-order valence-corrected chi connectivity index (χ3v) is 5.26. The summed E-state index contributed by atoms with van der Waals surface area (Å²) in [5.74, 6) is 1.74. The molecule has 1 aromatic rings. The predicted octanol–water partition coefficient (Wildman–Crippen LogP) is 4.41. The van der Waals surface area contributed by atoms with Gasteiger partial charge in [-0.15, -0.1) is 0 Å². The minimum Gasteiger partial charge on any atom is -0.311 e. The topological polar surface area (TPSA) is 12.0 Å². The average molecular weight is 257 g/mol. The van der Waals surface area contributed by atoms with Crippen LogP contribution in [0.25, 0.3) is 0 Å². The van der Waals surface area contributed by atoms with Crippen LogP contribution in [0.1, 0.15) is 62.5 Å². The van der Waals surface area contributed by atoms with E-state index in [1.54, 1.807) is 5.56 Å². The molecule has 1 heteroatoms. The van der Waals surface area contributed by atoms with Gasteiger partial charge < -0.3 is 5.32 Å². The van der Waals surface area contributed by atoms with Crippen molar-refractivity contribution in [2.75, 3.05) is 0 Å². The van der Waals surface area contributed by atoms with Gasteiger partial charge in [-0.3, -0.25) is 0 Å². The van der Waals surface area contributed by atoms with E-state index in [4.69, 9.17) is 0 Å². The molecule has 0 aliphatic heterocycles. The van der Waals surface area contributed by atoms with Gasteiger partial charge in [-0.2, -0.15) is 0 Å². The molecule has 0 bridgehead atoms. The van der Waals surface area contributed by atoms with Gasteiger partial charge in [-0.25, -0.2) is 0 Å². The summed E-state index contributed by atoms with van der Waals surface area (Å²) in [5.41, 5.74) is 2.94. The molecule has 0 unspecified atom stereocenters. The maximum absolute atomic E-state index is 3.87. The van der Waals surface area contributed by atoms with Crippen LogP contribution in [0.3, 0.4) is 0 Å². The maximum atomic E-state index is 3.87. The second kappa shape index (κ2) is 5.66. The molecule has 1 N–H and O–H groups in total. The summed E-state index contributed by atoms with van der Waals surface area (Å²) in [7, 11) is 0. The third-order valence-electron chi connectivity index (χ3n) is 5.26. The van der Waals surface area contributed by atoms with Crippen LogP contribution < -0.4 is 5.32 Å². The zero-order chi connectivity index (χ0) is 13.2. The molecule has 1 nitrogen and oxygen atoms in total. The van der Waals surface area contributed by atoms with E-state index in [0.717, 1.165) is 23.9 Å². The van der Waals surface area contributed by atoms with Crippen LogP contribution in [0.4, 0.5) is 0 Å². The predicted molar refractivity (Wildman–Crippen MR) is 81.5 cm³/mol. The lowest BCUT2D eigenvalue weighted by Crippen LogP contribution is -2.46. The molecule has 19 heavy (non-hydrogen) atoms. The molecule has 2 aliphatic rings. The molecule has 3 rings (SSSR count). The number of nitrogens with one attached hydrogen (secondary N) is 1. The van der Waals surface area contributed by atoms with Crippen molar-refractivity contribution in [3.05, 3.63) is 35.4 Å². The molecular formula is C18H27N. The van der Waals surface area contributed by atoms with Gasteiger partial charge in [0.2, 0.25) is 0 Å². The quantitative estimate of drug-likeness (QED) is 0.842. The van der Waals surface area contributed by atoms with Gasteiger partial charge in [0.25, 0.3) is 0 Å². The Bertz CT molecular complexity index is 413. The van der Waals surface area contributed by atoms with Crippen LogP contribution in [0.15, 0.2) is 24.3 Å². The molecule has 2 saturated carbocycles. The first-order chi connectivity index (χ1) is 9.22. The van der Waals surface area contributed by atoms with Crippen LogP contribution in [0, 0.1) is 12.8 Å². The molecule has 0 saturated heterocycles. The fraction of sp³-hybridized carbons (Fsp3) is 0.667. The van der Waals surface area contributed by atoms with E-state index in [2.05, 4.69) is 43.4 Å². The fourth-order valence-corrected chi connectivity index (χ4v) is 3.92. The van der Waals surface area contributed by atoms with Crippen LogP contribution in [0.5, 0.6) is 0 Å². The van der Waals surface area contributed by atoms with Gasteiger partial charge in [0.05, 0.1) is 0 Å². The van der Waals surface area contributed by atoms with Gasteiger partial charge in [0, 0.05) is 12.1 Å². The molecule has 2 fully saturated rings. The van der Waals surface area contributed by atoms with Gasteiger partial charge in [-0.1, -0.05) is 42.7 Å².